The van der Waals surface area contributed by atoms with Crippen LogP contribution in [0.1, 0.15) is 24.0 Å². The summed E-state index contributed by atoms with van der Waals surface area (Å²) in [6.07, 6.45) is 1.41. The molecular weight excluding hydrogens is 222 g/mol. The van der Waals surface area contributed by atoms with Crippen LogP contribution in [0.2, 0.25) is 0 Å². The quantitative estimate of drug-likeness (QED) is 0.855. The lowest BCUT2D eigenvalue weighted by Crippen LogP contribution is -2.39. The molecule has 1 heterocycles. The monoisotopic (exact) mass is 237 g/mol. The van der Waals surface area contributed by atoms with Gasteiger partial charge in [0.2, 0.25) is 5.91 Å². The number of carbonyl (C=O) groups is 1. The van der Waals surface area contributed by atoms with Crippen molar-refractivity contribution < 1.29 is 4.79 Å². The van der Waals surface area contributed by atoms with Crippen molar-refractivity contribution in [1.29, 1.82) is 0 Å². The van der Waals surface area contributed by atoms with E-state index < -0.39 is 0 Å². The Balaban J connectivity index is 2.14. The Bertz CT molecular complexity index is 508. The van der Waals surface area contributed by atoms with Crippen molar-refractivity contribution in [3.8, 4) is 0 Å². The molecule has 0 unspecified atom stereocenters. The predicted molar refractivity (Wildman–Crippen MR) is 71.0 cm³/mol. The lowest BCUT2D eigenvalue weighted by atomic mass is 9.82. The van der Waals surface area contributed by atoms with Crippen LogP contribution in [0, 0.1) is 0 Å². The van der Waals surface area contributed by atoms with Crippen LogP contribution in [0.3, 0.4) is 0 Å². The van der Waals surface area contributed by atoms with Crippen molar-refractivity contribution in [2.24, 2.45) is 0 Å². The number of carbonyl (C=O) groups excluding carboxylic acids is 1. The zero-order valence-corrected chi connectivity index (χ0v) is 10.1. The molecule has 1 aliphatic rings. The molecule has 2 aromatic carbocycles. The predicted octanol–water partition coefficient (Wildman–Crippen LogP) is 2.84. The third-order valence-electron chi connectivity index (χ3n) is 3.61. The van der Waals surface area contributed by atoms with Gasteiger partial charge in [-0.1, -0.05) is 60.7 Å². The fourth-order valence-corrected chi connectivity index (χ4v) is 2.71. The van der Waals surface area contributed by atoms with Gasteiger partial charge in [-0.2, -0.15) is 0 Å². The maximum atomic E-state index is 11.7. The highest BCUT2D eigenvalue weighted by Crippen LogP contribution is 2.37. The number of benzene rings is 2. The van der Waals surface area contributed by atoms with Crippen molar-refractivity contribution in [1.82, 2.24) is 5.32 Å². The average Bonchev–Trinajstić information content (AvgIpc) is 2.84. The van der Waals surface area contributed by atoms with Crippen molar-refractivity contribution in [2.75, 3.05) is 0 Å². The van der Waals surface area contributed by atoms with Crippen LogP contribution >= 0.6 is 0 Å². The topological polar surface area (TPSA) is 29.1 Å². The van der Waals surface area contributed by atoms with Crippen LogP contribution in [0.5, 0.6) is 0 Å². The van der Waals surface area contributed by atoms with E-state index in [-0.39, 0.29) is 11.4 Å². The molecule has 0 aromatic heterocycles. The van der Waals surface area contributed by atoms with E-state index in [1.807, 2.05) is 36.4 Å². The molecular formula is C16H15NO. The summed E-state index contributed by atoms with van der Waals surface area (Å²) in [7, 11) is 0. The van der Waals surface area contributed by atoms with Crippen molar-refractivity contribution in [3.05, 3.63) is 71.8 Å². The van der Waals surface area contributed by atoms with Crippen molar-refractivity contribution >= 4 is 5.91 Å². The molecule has 3 rings (SSSR count). The molecule has 90 valence electrons. The Labute approximate surface area is 107 Å². The number of amides is 1. The second-order valence-electron chi connectivity index (χ2n) is 4.69. The number of nitrogens with one attached hydrogen (secondary N) is 1. The molecule has 2 heteroatoms. The normalized spacial score (nSPS) is 17.4. The van der Waals surface area contributed by atoms with E-state index in [0.717, 1.165) is 17.5 Å². The summed E-state index contributed by atoms with van der Waals surface area (Å²) in [6, 6.07) is 20.4. The van der Waals surface area contributed by atoms with Gasteiger partial charge in [-0.05, 0) is 17.5 Å². The van der Waals surface area contributed by atoms with Gasteiger partial charge in [-0.15, -0.1) is 0 Å². The standard InChI is InChI=1S/C16H15NO/c18-15-11-12-16(17-15,13-7-3-1-4-8-13)14-9-5-2-6-10-14/h1-10H,11-12H2,(H,17,18). The molecule has 1 amide bonds. The number of hydrogen-bond acceptors (Lipinski definition) is 1. The summed E-state index contributed by atoms with van der Waals surface area (Å²) in [5.41, 5.74) is 1.96. The number of hydrogen-bond donors (Lipinski definition) is 1. The third kappa shape index (κ3) is 1.70. The molecule has 0 spiro atoms. The van der Waals surface area contributed by atoms with Crippen LogP contribution in [0.4, 0.5) is 0 Å². The summed E-state index contributed by atoms with van der Waals surface area (Å²) >= 11 is 0. The van der Waals surface area contributed by atoms with E-state index in [1.165, 1.54) is 0 Å². The molecule has 0 bridgehead atoms. The molecule has 1 N–H and O–H groups in total. The first-order valence-corrected chi connectivity index (χ1v) is 6.23. The summed E-state index contributed by atoms with van der Waals surface area (Å²) in [6.45, 7) is 0. The third-order valence-corrected chi connectivity index (χ3v) is 3.61. The van der Waals surface area contributed by atoms with Crippen LogP contribution in [0.25, 0.3) is 0 Å². The summed E-state index contributed by atoms with van der Waals surface area (Å²) in [4.78, 5) is 11.7. The molecule has 1 fully saturated rings. The summed E-state index contributed by atoms with van der Waals surface area (Å²) in [5.74, 6) is 0.128. The Hall–Kier alpha value is -2.09. The van der Waals surface area contributed by atoms with Gasteiger partial charge >= 0.3 is 0 Å². The van der Waals surface area contributed by atoms with Crippen LogP contribution in [-0.4, -0.2) is 5.91 Å². The van der Waals surface area contributed by atoms with E-state index in [2.05, 4.69) is 29.6 Å². The molecule has 0 saturated carbocycles. The maximum Gasteiger partial charge on any atom is 0.221 e. The first-order chi connectivity index (χ1) is 8.81. The van der Waals surface area contributed by atoms with E-state index in [0.29, 0.717) is 6.42 Å². The fraction of sp³-hybridized carbons (Fsp3) is 0.188. The molecule has 0 radical (unpaired) electrons. The Morgan fingerprint density at radius 2 is 1.33 bits per heavy atom. The molecule has 0 atom stereocenters. The second-order valence-corrected chi connectivity index (χ2v) is 4.69. The minimum absolute atomic E-state index is 0.128. The first kappa shape index (κ1) is 11.0. The zero-order chi connectivity index (χ0) is 12.4. The molecule has 2 aromatic rings. The maximum absolute atomic E-state index is 11.7. The highest BCUT2D eigenvalue weighted by atomic mass is 16.2. The average molecular weight is 237 g/mol. The Morgan fingerprint density at radius 3 is 1.72 bits per heavy atom. The van der Waals surface area contributed by atoms with Crippen LogP contribution in [0.15, 0.2) is 60.7 Å². The molecule has 1 aliphatic heterocycles. The van der Waals surface area contributed by atoms with Gasteiger partial charge in [0.25, 0.3) is 0 Å². The lowest BCUT2D eigenvalue weighted by Gasteiger charge is -2.30. The van der Waals surface area contributed by atoms with E-state index in [9.17, 15) is 4.79 Å². The van der Waals surface area contributed by atoms with Gasteiger partial charge in [0.1, 0.15) is 0 Å². The van der Waals surface area contributed by atoms with Gasteiger partial charge < -0.3 is 5.32 Å². The first-order valence-electron chi connectivity index (χ1n) is 6.23. The lowest BCUT2D eigenvalue weighted by molar-refractivity contribution is -0.119. The van der Waals surface area contributed by atoms with Crippen molar-refractivity contribution in [3.63, 3.8) is 0 Å². The minimum Gasteiger partial charge on any atom is -0.342 e. The molecule has 2 nitrogen and oxygen atoms in total. The van der Waals surface area contributed by atoms with Gasteiger partial charge in [0.05, 0.1) is 5.54 Å². The van der Waals surface area contributed by atoms with Gasteiger partial charge in [-0.25, -0.2) is 0 Å². The SMILES string of the molecule is O=C1CCC(c2ccccc2)(c2ccccc2)N1. The Morgan fingerprint density at radius 1 is 0.833 bits per heavy atom. The number of rotatable bonds is 2. The van der Waals surface area contributed by atoms with Crippen LogP contribution < -0.4 is 5.32 Å². The Kier molecular flexibility index (Phi) is 2.63. The highest BCUT2D eigenvalue weighted by molar-refractivity contribution is 5.81. The highest BCUT2D eigenvalue weighted by Gasteiger charge is 2.40. The molecule has 18 heavy (non-hydrogen) atoms. The van der Waals surface area contributed by atoms with Crippen molar-refractivity contribution in [2.45, 2.75) is 18.4 Å². The van der Waals surface area contributed by atoms with Gasteiger partial charge in [-0.3, -0.25) is 4.79 Å². The largest absolute Gasteiger partial charge is 0.342 e. The van der Waals surface area contributed by atoms with E-state index in [1.54, 1.807) is 0 Å². The van der Waals surface area contributed by atoms with Crippen LogP contribution in [-0.2, 0) is 10.3 Å². The second kappa shape index (κ2) is 4.30. The molecule has 1 saturated heterocycles. The summed E-state index contributed by atoms with van der Waals surface area (Å²) in [5, 5.41) is 3.16. The molecule has 0 aliphatic carbocycles. The minimum atomic E-state index is -0.348. The smallest absolute Gasteiger partial charge is 0.221 e. The van der Waals surface area contributed by atoms with E-state index >= 15 is 0 Å². The fourth-order valence-electron chi connectivity index (χ4n) is 2.71. The zero-order valence-electron chi connectivity index (χ0n) is 10.1. The van der Waals surface area contributed by atoms with E-state index in [4.69, 9.17) is 0 Å². The van der Waals surface area contributed by atoms with Gasteiger partial charge in [0, 0.05) is 6.42 Å². The summed E-state index contributed by atoms with van der Waals surface area (Å²) < 4.78 is 0. The van der Waals surface area contributed by atoms with Gasteiger partial charge in [0.15, 0.2) is 0 Å².